The van der Waals surface area contributed by atoms with E-state index in [-0.39, 0.29) is 12.3 Å². The number of hydrogen-bond donors (Lipinski definition) is 4. The molecule has 0 aliphatic carbocycles. The first-order valence-corrected chi connectivity index (χ1v) is 12.2. The van der Waals surface area contributed by atoms with Crippen LogP contribution in [0.3, 0.4) is 0 Å². The molecule has 1 aromatic carbocycles. The number of hydrogen-bond acceptors (Lipinski definition) is 6. The minimum Gasteiger partial charge on any atom is -0.444 e. The Morgan fingerprint density at radius 1 is 0.917 bits per heavy atom. The predicted molar refractivity (Wildman–Crippen MR) is 139 cm³/mol. The van der Waals surface area contributed by atoms with Gasteiger partial charge in [-0.2, -0.15) is 5.10 Å². The molecule has 0 saturated heterocycles. The number of hydrazone groups is 1. The number of benzene rings is 1. The fourth-order valence-electron chi connectivity index (χ4n) is 3.11. The molecule has 10 heteroatoms. The van der Waals surface area contributed by atoms with Crippen LogP contribution in [0.2, 0.25) is 0 Å². The second kappa shape index (κ2) is 14.2. The molecule has 200 valence electrons. The van der Waals surface area contributed by atoms with Gasteiger partial charge in [0.25, 0.3) is 5.91 Å². The number of carbonyl (C=O) groups excluding carboxylic acids is 4. The van der Waals surface area contributed by atoms with Crippen LogP contribution < -0.4 is 21.4 Å². The molecule has 0 heterocycles. The highest BCUT2D eigenvalue weighted by Gasteiger charge is 2.30. The van der Waals surface area contributed by atoms with Crippen LogP contribution in [0.5, 0.6) is 0 Å². The lowest BCUT2D eigenvalue weighted by atomic mass is 9.98. The number of nitrogens with zero attached hydrogens (tertiary/aromatic N) is 1. The van der Waals surface area contributed by atoms with Crippen LogP contribution in [-0.2, 0) is 25.5 Å². The summed E-state index contributed by atoms with van der Waals surface area (Å²) in [6.07, 6.45) is 0.107. The number of alkyl carbamates (subject to hydrolysis) is 1. The molecule has 1 rings (SSSR count). The maximum absolute atomic E-state index is 13.1. The standard InChI is InChI=1S/C26H41N5O5/c1-9-17(4)21(24(34)31-30-16(2)3)29-22(32)18(5)27-23(33)20(15-19-13-11-10-12-14-19)28-25(35)36-26(6,7)8/h10-14,17-18,20-21H,9,15H2,1-8H3,(H,27,33)(H,28,35)(H,29,32)(H,31,34)/t17-,18+,20-,21?/m0/s1. The molecule has 4 amide bonds. The summed E-state index contributed by atoms with van der Waals surface area (Å²) < 4.78 is 5.30. The van der Waals surface area contributed by atoms with E-state index >= 15 is 0 Å². The molecule has 4 atom stereocenters. The lowest BCUT2D eigenvalue weighted by molar-refractivity contribution is -0.133. The fraction of sp³-hybridized carbons (Fsp3) is 0.577. The average molecular weight is 504 g/mol. The van der Waals surface area contributed by atoms with E-state index in [0.29, 0.717) is 12.1 Å². The quantitative estimate of drug-likeness (QED) is 0.272. The van der Waals surface area contributed by atoms with E-state index in [1.54, 1.807) is 34.6 Å². The third-order valence-electron chi connectivity index (χ3n) is 5.23. The van der Waals surface area contributed by atoms with Gasteiger partial charge in [0.2, 0.25) is 11.8 Å². The molecule has 4 N–H and O–H groups in total. The van der Waals surface area contributed by atoms with Gasteiger partial charge < -0.3 is 20.7 Å². The van der Waals surface area contributed by atoms with Gasteiger partial charge in [-0.05, 0) is 53.0 Å². The maximum atomic E-state index is 13.1. The zero-order chi connectivity index (χ0) is 27.5. The molecule has 0 saturated carbocycles. The van der Waals surface area contributed by atoms with E-state index < -0.39 is 47.5 Å². The van der Waals surface area contributed by atoms with E-state index in [0.717, 1.165) is 5.56 Å². The molecule has 36 heavy (non-hydrogen) atoms. The lowest BCUT2D eigenvalue weighted by Gasteiger charge is -2.26. The van der Waals surface area contributed by atoms with Crippen LogP contribution in [0, 0.1) is 5.92 Å². The largest absolute Gasteiger partial charge is 0.444 e. The first-order valence-electron chi connectivity index (χ1n) is 12.2. The summed E-state index contributed by atoms with van der Waals surface area (Å²) in [4.78, 5) is 50.9. The Morgan fingerprint density at radius 3 is 2.06 bits per heavy atom. The SMILES string of the molecule is CC[C@H](C)C(NC(=O)[C@@H](C)NC(=O)[C@H](Cc1ccccc1)NC(=O)OC(C)(C)C)C(=O)NN=C(C)C. The highest BCUT2D eigenvalue weighted by atomic mass is 16.6. The number of carbonyl (C=O) groups is 4. The Balaban J connectivity index is 2.95. The van der Waals surface area contributed by atoms with Crippen LogP contribution in [0.25, 0.3) is 0 Å². The summed E-state index contributed by atoms with van der Waals surface area (Å²) in [5.74, 6) is -1.69. The van der Waals surface area contributed by atoms with Crippen molar-refractivity contribution in [3.8, 4) is 0 Å². The topological polar surface area (TPSA) is 138 Å². The Labute approximate surface area is 214 Å². The van der Waals surface area contributed by atoms with Gasteiger partial charge >= 0.3 is 6.09 Å². The van der Waals surface area contributed by atoms with E-state index in [2.05, 4.69) is 26.5 Å². The van der Waals surface area contributed by atoms with E-state index in [4.69, 9.17) is 4.74 Å². The molecule has 1 aromatic rings. The fourth-order valence-corrected chi connectivity index (χ4v) is 3.11. The molecule has 0 radical (unpaired) electrons. The minimum absolute atomic E-state index is 0.163. The molecule has 0 aromatic heterocycles. The molecule has 10 nitrogen and oxygen atoms in total. The Morgan fingerprint density at radius 2 is 1.53 bits per heavy atom. The summed E-state index contributed by atoms with van der Waals surface area (Å²) >= 11 is 0. The van der Waals surface area contributed by atoms with Gasteiger partial charge in [-0.1, -0.05) is 50.6 Å². The lowest BCUT2D eigenvalue weighted by Crippen LogP contribution is -2.57. The normalized spacial score (nSPS) is 14.3. The summed E-state index contributed by atoms with van der Waals surface area (Å²) in [5.41, 5.74) is 3.21. The molecule has 0 aliphatic rings. The Kier molecular flexibility index (Phi) is 12.1. The molecular formula is C26H41N5O5. The highest BCUT2D eigenvalue weighted by molar-refractivity contribution is 5.94. The smallest absolute Gasteiger partial charge is 0.408 e. The second-order valence-electron chi connectivity index (χ2n) is 10.0. The van der Waals surface area contributed by atoms with Crippen LogP contribution in [0.15, 0.2) is 35.4 Å². The second-order valence-corrected chi connectivity index (χ2v) is 10.0. The Hall–Kier alpha value is -3.43. The number of ether oxygens (including phenoxy) is 1. The van der Waals surface area contributed by atoms with Crippen LogP contribution in [0.4, 0.5) is 4.79 Å². The third kappa shape index (κ3) is 11.3. The first kappa shape index (κ1) is 30.6. The first-order chi connectivity index (χ1) is 16.7. The minimum atomic E-state index is -0.979. The van der Waals surface area contributed by atoms with Crippen molar-refractivity contribution in [1.29, 1.82) is 0 Å². The van der Waals surface area contributed by atoms with Gasteiger partial charge in [-0.25, -0.2) is 10.2 Å². The number of amides is 4. The molecule has 0 aliphatic heterocycles. The molecule has 0 fully saturated rings. The zero-order valence-corrected chi connectivity index (χ0v) is 22.6. The van der Waals surface area contributed by atoms with Crippen molar-refractivity contribution in [3.05, 3.63) is 35.9 Å². The van der Waals surface area contributed by atoms with Crippen LogP contribution >= 0.6 is 0 Å². The van der Waals surface area contributed by atoms with Gasteiger partial charge in [-0.15, -0.1) is 0 Å². The highest BCUT2D eigenvalue weighted by Crippen LogP contribution is 2.10. The van der Waals surface area contributed by atoms with Crippen molar-refractivity contribution in [2.75, 3.05) is 0 Å². The Bertz CT molecular complexity index is 922. The molecule has 1 unspecified atom stereocenters. The summed E-state index contributed by atoms with van der Waals surface area (Å²) in [5, 5.41) is 11.9. The van der Waals surface area contributed by atoms with Crippen molar-refractivity contribution in [2.45, 2.75) is 92.0 Å². The number of nitrogens with one attached hydrogen (secondary N) is 4. The van der Waals surface area contributed by atoms with Gasteiger partial charge in [0, 0.05) is 12.1 Å². The zero-order valence-electron chi connectivity index (χ0n) is 22.6. The van der Waals surface area contributed by atoms with E-state index in [1.807, 2.05) is 44.2 Å². The van der Waals surface area contributed by atoms with Crippen molar-refractivity contribution in [3.63, 3.8) is 0 Å². The van der Waals surface area contributed by atoms with Gasteiger partial charge in [0.05, 0.1) is 0 Å². The maximum Gasteiger partial charge on any atom is 0.408 e. The van der Waals surface area contributed by atoms with Crippen molar-refractivity contribution < 1.29 is 23.9 Å². The van der Waals surface area contributed by atoms with E-state index in [9.17, 15) is 19.2 Å². The third-order valence-corrected chi connectivity index (χ3v) is 5.23. The van der Waals surface area contributed by atoms with Crippen LogP contribution in [-0.4, -0.2) is 53.3 Å². The molecule has 0 bridgehead atoms. The van der Waals surface area contributed by atoms with Crippen molar-refractivity contribution in [2.24, 2.45) is 11.0 Å². The van der Waals surface area contributed by atoms with Gasteiger partial charge in [0.1, 0.15) is 23.7 Å². The monoisotopic (exact) mass is 503 g/mol. The summed E-state index contributed by atoms with van der Waals surface area (Å²) in [7, 11) is 0. The van der Waals surface area contributed by atoms with Crippen LogP contribution in [0.1, 0.15) is 67.4 Å². The average Bonchev–Trinajstić information content (AvgIpc) is 2.79. The van der Waals surface area contributed by atoms with E-state index in [1.165, 1.54) is 6.92 Å². The van der Waals surface area contributed by atoms with Crippen molar-refractivity contribution in [1.82, 2.24) is 21.4 Å². The van der Waals surface area contributed by atoms with Gasteiger partial charge in [-0.3, -0.25) is 14.4 Å². The molecular weight excluding hydrogens is 462 g/mol. The molecule has 0 spiro atoms. The predicted octanol–water partition coefficient (Wildman–Crippen LogP) is 2.67. The summed E-state index contributed by atoms with van der Waals surface area (Å²) in [6, 6.07) is 6.41. The number of rotatable bonds is 11. The summed E-state index contributed by atoms with van der Waals surface area (Å²) in [6.45, 7) is 13.9. The van der Waals surface area contributed by atoms with Gasteiger partial charge in [0.15, 0.2) is 0 Å². The van der Waals surface area contributed by atoms with Crippen molar-refractivity contribution >= 4 is 29.5 Å².